The maximum atomic E-state index is 13.2. The Morgan fingerprint density at radius 2 is 1.91 bits per heavy atom. The number of aromatic nitrogens is 2. The number of fused-ring (bicyclic) bond motifs is 1. The van der Waals surface area contributed by atoms with Gasteiger partial charge in [0, 0.05) is 16.3 Å². The number of hydrogen-bond acceptors (Lipinski definition) is 2. The van der Waals surface area contributed by atoms with Gasteiger partial charge >= 0.3 is 11.9 Å². The average molecular weight is 331 g/mol. The van der Waals surface area contributed by atoms with Crippen molar-refractivity contribution >= 4 is 11.6 Å². The molecule has 1 heterocycles. The van der Waals surface area contributed by atoms with Crippen LogP contribution in [-0.4, -0.2) is 9.55 Å². The van der Waals surface area contributed by atoms with Crippen LogP contribution in [0, 0.1) is 0 Å². The van der Waals surface area contributed by atoms with Gasteiger partial charge in [-0.1, -0.05) is 11.6 Å². The van der Waals surface area contributed by atoms with Crippen LogP contribution in [0.2, 0.25) is 5.02 Å². The fourth-order valence-corrected chi connectivity index (χ4v) is 2.85. The van der Waals surface area contributed by atoms with Crippen molar-refractivity contribution in [2.24, 2.45) is 0 Å². The third-order valence-corrected chi connectivity index (χ3v) is 3.88. The second kappa shape index (κ2) is 5.01. The van der Waals surface area contributed by atoms with Crippen molar-refractivity contribution < 1.29 is 13.2 Å². The largest absolute Gasteiger partial charge is 0.418 e. The monoisotopic (exact) mass is 330 g/mol. The van der Waals surface area contributed by atoms with E-state index in [1.165, 1.54) is 6.07 Å². The summed E-state index contributed by atoms with van der Waals surface area (Å²) in [4.78, 5) is 27.0. The molecule has 3 rings (SSSR count). The van der Waals surface area contributed by atoms with Crippen LogP contribution in [0.5, 0.6) is 0 Å². The number of nitrogens with zero attached hydrogens (tertiary/aromatic N) is 1. The fourth-order valence-electron chi connectivity index (χ4n) is 2.68. The van der Waals surface area contributed by atoms with Crippen LogP contribution in [0.15, 0.2) is 27.8 Å². The Bertz CT molecular complexity index is 868. The highest BCUT2D eigenvalue weighted by Gasteiger charge is 2.35. The highest BCUT2D eigenvalue weighted by molar-refractivity contribution is 6.30. The first-order valence-electron chi connectivity index (χ1n) is 6.53. The predicted molar refractivity (Wildman–Crippen MR) is 74.7 cm³/mol. The molecule has 1 N–H and O–H groups in total. The molecular formula is C14H10ClF3N2O2. The number of aromatic amines is 1. The van der Waals surface area contributed by atoms with Gasteiger partial charge in [0.25, 0.3) is 5.56 Å². The maximum absolute atomic E-state index is 13.2. The zero-order chi connectivity index (χ0) is 16.1. The van der Waals surface area contributed by atoms with E-state index in [9.17, 15) is 22.8 Å². The standard InChI is InChI=1S/C14H10ClF3N2O2/c15-7-4-5-11(9(6-7)14(16,17)18)20-12(21)8-2-1-3-10(8)19-13(20)22/h4-6H,1-3H2,(H,19,22). The highest BCUT2D eigenvalue weighted by Crippen LogP contribution is 2.34. The quantitative estimate of drug-likeness (QED) is 0.874. The van der Waals surface area contributed by atoms with Gasteiger partial charge in [-0.05, 0) is 37.5 Å². The summed E-state index contributed by atoms with van der Waals surface area (Å²) < 4.78 is 40.0. The summed E-state index contributed by atoms with van der Waals surface area (Å²) in [6.07, 6.45) is -3.05. The van der Waals surface area contributed by atoms with Crippen LogP contribution in [-0.2, 0) is 19.0 Å². The molecule has 116 valence electrons. The van der Waals surface area contributed by atoms with Gasteiger partial charge in [0.2, 0.25) is 0 Å². The van der Waals surface area contributed by atoms with Crippen molar-refractivity contribution in [3.05, 3.63) is 60.9 Å². The first-order chi connectivity index (χ1) is 10.3. The van der Waals surface area contributed by atoms with Crippen molar-refractivity contribution in [1.29, 1.82) is 0 Å². The SMILES string of the molecule is O=c1[nH]c2c(c(=O)n1-c1ccc(Cl)cc1C(F)(F)F)CCC2. The summed E-state index contributed by atoms with van der Waals surface area (Å²) >= 11 is 5.61. The Morgan fingerprint density at radius 3 is 2.59 bits per heavy atom. The van der Waals surface area contributed by atoms with Crippen LogP contribution < -0.4 is 11.2 Å². The number of rotatable bonds is 1. The molecule has 1 aromatic heterocycles. The molecule has 22 heavy (non-hydrogen) atoms. The Morgan fingerprint density at radius 1 is 1.18 bits per heavy atom. The van der Waals surface area contributed by atoms with Crippen LogP contribution >= 0.6 is 11.6 Å². The molecule has 0 radical (unpaired) electrons. The van der Waals surface area contributed by atoms with Crippen molar-refractivity contribution in [2.45, 2.75) is 25.4 Å². The Hall–Kier alpha value is -2.02. The van der Waals surface area contributed by atoms with E-state index in [1.54, 1.807) is 0 Å². The summed E-state index contributed by atoms with van der Waals surface area (Å²) in [5.74, 6) is 0. The maximum Gasteiger partial charge on any atom is 0.418 e. The molecule has 0 spiro atoms. The number of benzene rings is 1. The summed E-state index contributed by atoms with van der Waals surface area (Å²) in [5, 5.41) is -0.123. The van der Waals surface area contributed by atoms with E-state index in [4.69, 9.17) is 11.6 Å². The third kappa shape index (κ3) is 2.35. The first-order valence-corrected chi connectivity index (χ1v) is 6.91. The van der Waals surface area contributed by atoms with E-state index >= 15 is 0 Å². The number of halogens is 4. The molecule has 0 fully saturated rings. The van der Waals surface area contributed by atoms with Gasteiger partial charge in [-0.3, -0.25) is 4.79 Å². The smallest absolute Gasteiger partial charge is 0.310 e. The molecule has 0 bridgehead atoms. The minimum absolute atomic E-state index is 0.123. The zero-order valence-electron chi connectivity index (χ0n) is 11.1. The molecule has 1 aliphatic carbocycles. The molecule has 0 unspecified atom stereocenters. The van der Waals surface area contributed by atoms with E-state index in [0.717, 1.165) is 6.07 Å². The summed E-state index contributed by atoms with van der Waals surface area (Å²) in [7, 11) is 0. The van der Waals surface area contributed by atoms with Crippen molar-refractivity contribution in [3.63, 3.8) is 0 Å². The van der Waals surface area contributed by atoms with Gasteiger partial charge in [0.15, 0.2) is 0 Å². The molecule has 0 amide bonds. The molecular weight excluding hydrogens is 321 g/mol. The normalized spacial score (nSPS) is 14.2. The second-order valence-corrected chi connectivity index (χ2v) is 5.48. The Labute approximate surface area is 127 Å². The van der Waals surface area contributed by atoms with Gasteiger partial charge in [0.05, 0.1) is 11.3 Å². The lowest BCUT2D eigenvalue weighted by molar-refractivity contribution is -0.137. The van der Waals surface area contributed by atoms with E-state index in [0.29, 0.717) is 41.2 Å². The molecule has 0 atom stereocenters. The molecule has 1 aromatic carbocycles. The number of alkyl halides is 3. The van der Waals surface area contributed by atoms with Crippen LogP contribution in [0.4, 0.5) is 13.2 Å². The Balaban J connectivity index is 2.35. The zero-order valence-corrected chi connectivity index (χ0v) is 11.9. The van der Waals surface area contributed by atoms with Gasteiger partial charge in [-0.15, -0.1) is 0 Å². The van der Waals surface area contributed by atoms with E-state index in [2.05, 4.69) is 4.98 Å². The first kappa shape index (κ1) is 14.9. The molecule has 0 saturated carbocycles. The van der Waals surface area contributed by atoms with Crippen LogP contribution in [0.1, 0.15) is 23.2 Å². The molecule has 1 aliphatic rings. The lowest BCUT2D eigenvalue weighted by atomic mass is 10.1. The number of hydrogen-bond donors (Lipinski definition) is 1. The van der Waals surface area contributed by atoms with E-state index < -0.39 is 28.7 Å². The van der Waals surface area contributed by atoms with Crippen LogP contribution in [0.25, 0.3) is 5.69 Å². The molecule has 0 aliphatic heterocycles. The molecule has 0 saturated heterocycles. The van der Waals surface area contributed by atoms with Gasteiger partial charge in [0.1, 0.15) is 0 Å². The molecule has 4 nitrogen and oxygen atoms in total. The lowest BCUT2D eigenvalue weighted by Gasteiger charge is -2.15. The predicted octanol–water partition coefficient (Wildman–Crippen LogP) is 2.69. The van der Waals surface area contributed by atoms with Crippen LogP contribution in [0.3, 0.4) is 0 Å². The third-order valence-electron chi connectivity index (χ3n) is 3.64. The van der Waals surface area contributed by atoms with Crippen molar-refractivity contribution in [2.75, 3.05) is 0 Å². The van der Waals surface area contributed by atoms with E-state index in [-0.39, 0.29) is 5.02 Å². The molecule has 8 heteroatoms. The van der Waals surface area contributed by atoms with E-state index in [1.807, 2.05) is 0 Å². The Kier molecular flexibility index (Phi) is 3.40. The molecule has 2 aromatic rings. The second-order valence-electron chi connectivity index (χ2n) is 5.04. The summed E-state index contributed by atoms with van der Waals surface area (Å²) in [6.45, 7) is 0. The number of aryl methyl sites for hydroxylation is 1. The summed E-state index contributed by atoms with van der Waals surface area (Å²) in [6, 6.07) is 2.95. The highest BCUT2D eigenvalue weighted by atomic mass is 35.5. The van der Waals surface area contributed by atoms with Gasteiger partial charge in [-0.25, -0.2) is 9.36 Å². The minimum Gasteiger partial charge on any atom is -0.310 e. The fraction of sp³-hybridized carbons (Fsp3) is 0.286. The van der Waals surface area contributed by atoms with Crippen molar-refractivity contribution in [1.82, 2.24) is 9.55 Å². The minimum atomic E-state index is -4.73. The lowest BCUT2D eigenvalue weighted by Crippen LogP contribution is -2.37. The van der Waals surface area contributed by atoms with Gasteiger partial charge in [-0.2, -0.15) is 13.2 Å². The average Bonchev–Trinajstić information content (AvgIpc) is 2.87. The number of nitrogens with one attached hydrogen (secondary N) is 1. The van der Waals surface area contributed by atoms with Crippen molar-refractivity contribution in [3.8, 4) is 5.69 Å². The number of H-pyrrole nitrogens is 1. The van der Waals surface area contributed by atoms with Gasteiger partial charge < -0.3 is 4.98 Å². The summed E-state index contributed by atoms with van der Waals surface area (Å²) in [5.41, 5.74) is -2.35. The topological polar surface area (TPSA) is 54.9 Å².